The highest BCUT2D eigenvalue weighted by molar-refractivity contribution is 5.67. The predicted molar refractivity (Wildman–Crippen MR) is 94.0 cm³/mol. The molecule has 0 saturated carbocycles. The Morgan fingerprint density at radius 1 is 1.12 bits per heavy atom. The average molecular weight is 337 g/mol. The maximum absolute atomic E-state index is 11.8. The van der Waals surface area contributed by atoms with Crippen molar-refractivity contribution in [2.24, 2.45) is 0 Å². The van der Waals surface area contributed by atoms with Gasteiger partial charge >= 0.3 is 6.09 Å². The van der Waals surface area contributed by atoms with Gasteiger partial charge in [-0.3, -0.25) is 0 Å². The maximum atomic E-state index is 11.8. The number of benzene rings is 2. The number of carbonyl (C=O) groups is 1. The average Bonchev–Trinajstić information content (AvgIpc) is 3.14. The van der Waals surface area contributed by atoms with Crippen molar-refractivity contribution in [3.05, 3.63) is 72.7 Å². The topological polar surface area (TPSA) is 65.4 Å². The van der Waals surface area contributed by atoms with Gasteiger partial charge in [0.1, 0.15) is 12.4 Å². The quantitative estimate of drug-likeness (QED) is 0.748. The van der Waals surface area contributed by atoms with Gasteiger partial charge in [0.15, 0.2) is 0 Å². The summed E-state index contributed by atoms with van der Waals surface area (Å²) in [5.74, 6) is 0.753. The van der Waals surface area contributed by atoms with E-state index in [1.54, 1.807) is 18.0 Å². The van der Waals surface area contributed by atoms with Crippen molar-refractivity contribution in [1.29, 1.82) is 0 Å². The summed E-state index contributed by atoms with van der Waals surface area (Å²) in [6.45, 7) is 0.513. The summed E-state index contributed by atoms with van der Waals surface area (Å²) in [5.41, 5.74) is 2.62. The molecule has 1 heterocycles. The van der Waals surface area contributed by atoms with Gasteiger partial charge in [0.25, 0.3) is 0 Å². The lowest BCUT2D eigenvalue weighted by Gasteiger charge is -2.07. The van der Waals surface area contributed by atoms with Crippen molar-refractivity contribution in [3.8, 4) is 17.0 Å². The van der Waals surface area contributed by atoms with Crippen LogP contribution >= 0.6 is 0 Å². The van der Waals surface area contributed by atoms with Crippen LogP contribution < -0.4 is 10.1 Å². The highest BCUT2D eigenvalue weighted by atomic mass is 16.5. The fourth-order valence-electron chi connectivity index (χ4n) is 2.37. The molecule has 0 fully saturated rings. The molecule has 0 aliphatic carbocycles. The van der Waals surface area contributed by atoms with Crippen LogP contribution in [0.3, 0.4) is 0 Å². The molecule has 0 spiro atoms. The monoisotopic (exact) mass is 337 g/mol. The lowest BCUT2D eigenvalue weighted by Crippen LogP contribution is -2.26. The van der Waals surface area contributed by atoms with Crippen molar-refractivity contribution in [2.75, 3.05) is 7.11 Å². The molecule has 1 N–H and O–H groups in total. The minimum atomic E-state index is -0.476. The van der Waals surface area contributed by atoms with Crippen molar-refractivity contribution >= 4 is 6.09 Å². The summed E-state index contributed by atoms with van der Waals surface area (Å²) in [6.07, 6.45) is 3.02. The second kappa shape index (κ2) is 8.01. The van der Waals surface area contributed by atoms with Crippen molar-refractivity contribution in [1.82, 2.24) is 14.9 Å². The number of ether oxygens (including phenoxy) is 2. The molecule has 0 aliphatic heterocycles. The number of imidazole rings is 1. The second-order valence-electron chi connectivity index (χ2n) is 5.37. The molecule has 0 unspecified atom stereocenters. The Hall–Kier alpha value is -3.28. The van der Waals surface area contributed by atoms with Crippen LogP contribution in [0.5, 0.6) is 5.75 Å². The molecule has 1 amide bonds. The van der Waals surface area contributed by atoms with Crippen LogP contribution in [0.1, 0.15) is 5.56 Å². The third-order valence-electron chi connectivity index (χ3n) is 3.63. The number of hydrogen-bond donors (Lipinski definition) is 1. The third-order valence-corrected chi connectivity index (χ3v) is 3.63. The van der Waals surface area contributed by atoms with Gasteiger partial charge in [-0.05, 0) is 17.7 Å². The molecule has 3 rings (SSSR count). The normalized spacial score (nSPS) is 10.3. The van der Waals surface area contributed by atoms with Crippen molar-refractivity contribution in [2.45, 2.75) is 13.3 Å². The smallest absolute Gasteiger partial charge is 0.408 e. The van der Waals surface area contributed by atoms with E-state index < -0.39 is 6.09 Å². The molecule has 128 valence electrons. The standard InChI is InChI=1S/C19H19N3O3/c1-24-18-10-6-5-9-16(18)17-11-22(13-20-17)14-21-19(23)25-12-15-7-3-2-4-8-15/h2-11,13H,12,14H2,1H3,(H,21,23). The van der Waals surface area contributed by atoms with Gasteiger partial charge in [0, 0.05) is 11.8 Å². The molecule has 2 aromatic carbocycles. The fraction of sp³-hybridized carbons (Fsp3) is 0.158. The van der Waals surface area contributed by atoms with Crippen LogP contribution in [0.15, 0.2) is 67.1 Å². The lowest BCUT2D eigenvalue weighted by molar-refractivity contribution is 0.137. The number of carbonyl (C=O) groups excluding carboxylic acids is 1. The fourth-order valence-corrected chi connectivity index (χ4v) is 2.37. The Labute approximate surface area is 146 Å². The summed E-state index contributed by atoms with van der Waals surface area (Å²) in [5, 5.41) is 2.69. The van der Waals surface area contributed by atoms with E-state index in [0.29, 0.717) is 0 Å². The number of rotatable bonds is 6. The van der Waals surface area contributed by atoms with Gasteiger partial charge < -0.3 is 19.4 Å². The first-order chi connectivity index (χ1) is 12.3. The number of amides is 1. The summed E-state index contributed by atoms with van der Waals surface area (Å²) in [4.78, 5) is 16.1. The van der Waals surface area contributed by atoms with E-state index in [9.17, 15) is 4.79 Å². The third kappa shape index (κ3) is 4.38. The Morgan fingerprint density at radius 2 is 1.88 bits per heavy atom. The van der Waals surface area contributed by atoms with Crippen LogP contribution in [-0.2, 0) is 18.0 Å². The van der Waals surface area contributed by atoms with Crippen LogP contribution in [0.4, 0.5) is 4.79 Å². The second-order valence-corrected chi connectivity index (χ2v) is 5.37. The van der Waals surface area contributed by atoms with Crippen LogP contribution in [0.2, 0.25) is 0 Å². The molecular weight excluding hydrogens is 318 g/mol. The Kier molecular flexibility index (Phi) is 5.31. The number of hydrogen-bond acceptors (Lipinski definition) is 4. The maximum Gasteiger partial charge on any atom is 0.408 e. The van der Waals surface area contributed by atoms with Crippen molar-refractivity contribution < 1.29 is 14.3 Å². The zero-order valence-electron chi connectivity index (χ0n) is 13.9. The molecule has 3 aromatic rings. The van der Waals surface area contributed by atoms with Gasteiger partial charge in [-0.2, -0.15) is 0 Å². The predicted octanol–water partition coefficient (Wildman–Crippen LogP) is 3.44. The van der Waals surface area contributed by atoms with Crippen LogP contribution in [0.25, 0.3) is 11.3 Å². The van der Waals surface area contributed by atoms with Crippen LogP contribution in [-0.4, -0.2) is 22.8 Å². The van der Waals surface area contributed by atoms with E-state index >= 15 is 0 Å². The summed E-state index contributed by atoms with van der Waals surface area (Å²) in [6, 6.07) is 17.2. The first kappa shape index (κ1) is 16.6. The molecule has 25 heavy (non-hydrogen) atoms. The van der Waals surface area contributed by atoms with E-state index in [4.69, 9.17) is 9.47 Å². The first-order valence-corrected chi connectivity index (χ1v) is 7.86. The summed E-state index contributed by atoms with van der Waals surface area (Å²) >= 11 is 0. The minimum Gasteiger partial charge on any atom is -0.496 e. The Balaban J connectivity index is 1.54. The van der Waals surface area contributed by atoms with E-state index in [0.717, 1.165) is 22.6 Å². The molecule has 6 heteroatoms. The van der Waals surface area contributed by atoms with Gasteiger partial charge in [0.05, 0.1) is 25.8 Å². The number of nitrogens with zero attached hydrogens (tertiary/aromatic N) is 2. The number of nitrogens with one attached hydrogen (secondary N) is 1. The number of alkyl carbamates (subject to hydrolysis) is 1. The van der Waals surface area contributed by atoms with Crippen molar-refractivity contribution in [3.63, 3.8) is 0 Å². The van der Waals surface area contributed by atoms with E-state index in [1.165, 1.54) is 0 Å². The van der Waals surface area contributed by atoms with E-state index in [-0.39, 0.29) is 13.3 Å². The zero-order valence-corrected chi connectivity index (χ0v) is 13.9. The SMILES string of the molecule is COc1ccccc1-c1cn(CNC(=O)OCc2ccccc2)cn1. The first-order valence-electron chi connectivity index (χ1n) is 7.86. The van der Waals surface area contributed by atoms with Gasteiger partial charge in [-0.25, -0.2) is 9.78 Å². The van der Waals surface area contributed by atoms with Gasteiger partial charge in [0.2, 0.25) is 0 Å². The number of methoxy groups -OCH3 is 1. The lowest BCUT2D eigenvalue weighted by atomic mass is 10.1. The largest absolute Gasteiger partial charge is 0.496 e. The molecule has 6 nitrogen and oxygen atoms in total. The number of aromatic nitrogens is 2. The molecule has 0 aliphatic rings. The molecule has 1 aromatic heterocycles. The zero-order chi connectivity index (χ0) is 17.5. The Morgan fingerprint density at radius 3 is 2.68 bits per heavy atom. The molecule has 0 radical (unpaired) electrons. The molecular formula is C19H19N3O3. The highest BCUT2D eigenvalue weighted by Gasteiger charge is 2.08. The number of para-hydroxylation sites is 1. The van der Waals surface area contributed by atoms with Gasteiger partial charge in [-0.1, -0.05) is 42.5 Å². The van der Waals surface area contributed by atoms with E-state index in [1.807, 2.05) is 60.8 Å². The van der Waals surface area contributed by atoms with Crippen LogP contribution in [0, 0.1) is 0 Å². The molecule has 0 bridgehead atoms. The summed E-state index contributed by atoms with van der Waals surface area (Å²) < 4.78 is 12.3. The van der Waals surface area contributed by atoms with Gasteiger partial charge in [-0.15, -0.1) is 0 Å². The molecule has 0 atom stereocenters. The minimum absolute atomic E-state index is 0.239. The molecule has 0 saturated heterocycles. The highest BCUT2D eigenvalue weighted by Crippen LogP contribution is 2.27. The Bertz CT molecular complexity index is 831. The summed E-state index contributed by atoms with van der Waals surface area (Å²) in [7, 11) is 1.63. The van der Waals surface area contributed by atoms with E-state index in [2.05, 4.69) is 10.3 Å².